The molecule has 0 saturated carbocycles. The highest BCUT2D eigenvalue weighted by molar-refractivity contribution is 5.85. The molecule has 0 radical (unpaired) electrons. The second-order valence-electron chi connectivity index (χ2n) is 4.35. The molecule has 0 amide bonds. The zero-order chi connectivity index (χ0) is 13.9. The highest BCUT2D eigenvalue weighted by atomic mass is 16.5. The second-order valence-corrected chi connectivity index (χ2v) is 4.35. The summed E-state index contributed by atoms with van der Waals surface area (Å²) in [5.74, 6) is 1.48. The predicted octanol–water partition coefficient (Wildman–Crippen LogP) is 3.73. The molecule has 20 heavy (non-hydrogen) atoms. The summed E-state index contributed by atoms with van der Waals surface area (Å²) in [5.41, 5.74) is 1.35. The largest absolute Gasteiger partial charge is 0.504 e. The Morgan fingerprint density at radius 3 is 2.65 bits per heavy atom. The topological polar surface area (TPSA) is 51.8 Å². The van der Waals surface area contributed by atoms with E-state index in [4.69, 9.17) is 13.9 Å². The van der Waals surface area contributed by atoms with E-state index in [0.29, 0.717) is 23.7 Å². The summed E-state index contributed by atoms with van der Waals surface area (Å²) in [5, 5.41) is 10.5. The number of methoxy groups -OCH3 is 1. The Morgan fingerprint density at radius 2 is 1.85 bits per heavy atom. The van der Waals surface area contributed by atoms with Gasteiger partial charge in [0.2, 0.25) is 0 Å². The van der Waals surface area contributed by atoms with Crippen molar-refractivity contribution in [2.24, 2.45) is 0 Å². The molecule has 0 fully saturated rings. The van der Waals surface area contributed by atoms with Gasteiger partial charge in [0.05, 0.1) is 13.4 Å². The van der Waals surface area contributed by atoms with Crippen molar-refractivity contribution >= 4 is 11.0 Å². The van der Waals surface area contributed by atoms with Crippen LogP contribution in [-0.2, 0) is 6.61 Å². The van der Waals surface area contributed by atoms with Crippen LogP contribution in [0.1, 0.15) is 5.56 Å². The molecule has 3 aromatic rings. The molecule has 0 spiro atoms. The molecule has 0 atom stereocenters. The average Bonchev–Trinajstić information content (AvgIpc) is 2.90. The normalized spacial score (nSPS) is 10.7. The minimum absolute atomic E-state index is 0.131. The number of para-hydroxylation sites is 3. The molecule has 1 heterocycles. The standard InChI is InChI=1S/C16H14O4/c1-18-14-7-2-3-8-15(14)19-9-11-10-20-16-12(11)5-4-6-13(16)17/h2-8,10,17H,9H2,1H3. The first-order valence-electron chi connectivity index (χ1n) is 6.23. The summed E-state index contributed by atoms with van der Waals surface area (Å²) in [7, 11) is 1.60. The maximum atomic E-state index is 9.70. The van der Waals surface area contributed by atoms with Gasteiger partial charge >= 0.3 is 0 Å². The molecule has 0 bridgehead atoms. The van der Waals surface area contributed by atoms with Crippen LogP contribution >= 0.6 is 0 Å². The van der Waals surface area contributed by atoms with Crippen molar-refractivity contribution in [2.45, 2.75) is 6.61 Å². The van der Waals surface area contributed by atoms with Crippen LogP contribution in [0, 0.1) is 0 Å². The lowest BCUT2D eigenvalue weighted by molar-refractivity contribution is 0.284. The summed E-state index contributed by atoms with van der Waals surface area (Å²) in [6, 6.07) is 12.7. The van der Waals surface area contributed by atoms with Gasteiger partial charge in [-0.3, -0.25) is 0 Å². The van der Waals surface area contributed by atoms with Crippen molar-refractivity contribution in [1.29, 1.82) is 0 Å². The molecule has 2 aromatic carbocycles. The fraction of sp³-hybridized carbons (Fsp3) is 0.125. The van der Waals surface area contributed by atoms with Crippen LogP contribution in [0.5, 0.6) is 17.2 Å². The summed E-state index contributed by atoms with van der Waals surface area (Å²) in [4.78, 5) is 0. The van der Waals surface area contributed by atoms with Crippen molar-refractivity contribution < 1.29 is 19.0 Å². The van der Waals surface area contributed by atoms with Crippen LogP contribution < -0.4 is 9.47 Å². The first-order chi connectivity index (χ1) is 9.79. The number of fused-ring (bicyclic) bond motifs is 1. The number of rotatable bonds is 4. The maximum Gasteiger partial charge on any atom is 0.175 e. The van der Waals surface area contributed by atoms with Crippen LogP contribution in [0.4, 0.5) is 0 Å². The first-order valence-corrected chi connectivity index (χ1v) is 6.23. The lowest BCUT2D eigenvalue weighted by Crippen LogP contribution is -1.96. The molecular weight excluding hydrogens is 256 g/mol. The van der Waals surface area contributed by atoms with Gasteiger partial charge in [0.1, 0.15) is 6.61 Å². The van der Waals surface area contributed by atoms with Gasteiger partial charge in [0.15, 0.2) is 22.8 Å². The monoisotopic (exact) mass is 270 g/mol. The zero-order valence-electron chi connectivity index (χ0n) is 11.0. The highest BCUT2D eigenvalue weighted by Gasteiger charge is 2.10. The number of furan rings is 1. The minimum Gasteiger partial charge on any atom is -0.504 e. The summed E-state index contributed by atoms with van der Waals surface area (Å²) < 4.78 is 16.4. The lowest BCUT2D eigenvalue weighted by Gasteiger charge is -2.09. The molecule has 0 aliphatic rings. The first kappa shape index (κ1) is 12.4. The van der Waals surface area contributed by atoms with Crippen molar-refractivity contribution in [3.8, 4) is 17.2 Å². The van der Waals surface area contributed by atoms with Crippen LogP contribution in [0.3, 0.4) is 0 Å². The summed E-state index contributed by atoms with van der Waals surface area (Å²) in [6.45, 7) is 0.344. The average molecular weight is 270 g/mol. The third kappa shape index (κ3) is 2.16. The third-order valence-electron chi connectivity index (χ3n) is 3.11. The molecule has 4 nitrogen and oxygen atoms in total. The Balaban J connectivity index is 1.85. The molecule has 4 heteroatoms. The van der Waals surface area contributed by atoms with Gasteiger partial charge in [0.25, 0.3) is 0 Å². The maximum absolute atomic E-state index is 9.70. The molecule has 0 saturated heterocycles. The third-order valence-corrected chi connectivity index (χ3v) is 3.11. The number of ether oxygens (including phenoxy) is 2. The van der Waals surface area contributed by atoms with Gasteiger partial charge in [-0.15, -0.1) is 0 Å². The fourth-order valence-electron chi connectivity index (χ4n) is 2.10. The molecule has 0 aliphatic heterocycles. The van der Waals surface area contributed by atoms with E-state index in [1.54, 1.807) is 25.5 Å². The van der Waals surface area contributed by atoms with Gasteiger partial charge < -0.3 is 19.0 Å². The van der Waals surface area contributed by atoms with Gasteiger partial charge in [-0.05, 0) is 18.2 Å². The van der Waals surface area contributed by atoms with Gasteiger partial charge in [-0.2, -0.15) is 0 Å². The fourth-order valence-corrected chi connectivity index (χ4v) is 2.10. The van der Waals surface area contributed by atoms with Crippen molar-refractivity contribution in [1.82, 2.24) is 0 Å². The predicted molar refractivity (Wildman–Crippen MR) is 75.2 cm³/mol. The Morgan fingerprint density at radius 1 is 1.05 bits per heavy atom. The molecule has 102 valence electrons. The quantitative estimate of drug-likeness (QED) is 0.785. The number of phenolic OH excluding ortho intramolecular Hbond substituents is 1. The van der Waals surface area contributed by atoms with Crippen LogP contribution in [0.2, 0.25) is 0 Å². The summed E-state index contributed by atoms with van der Waals surface area (Å²) >= 11 is 0. The SMILES string of the molecule is COc1ccccc1OCc1coc2c(O)cccc12. The van der Waals surface area contributed by atoms with Gasteiger partial charge in [-0.25, -0.2) is 0 Å². The molecule has 1 aromatic heterocycles. The van der Waals surface area contributed by atoms with Gasteiger partial charge in [0, 0.05) is 10.9 Å². The van der Waals surface area contributed by atoms with E-state index in [1.165, 1.54) is 0 Å². The number of aromatic hydroxyl groups is 1. The lowest BCUT2D eigenvalue weighted by atomic mass is 10.2. The van der Waals surface area contributed by atoms with E-state index in [-0.39, 0.29) is 5.75 Å². The minimum atomic E-state index is 0.131. The Kier molecular flexibility index (Phi) is 3.21. The molecule has 0 unspecified atom stereocenters. The smallest absolute Gasteiger partial charge is 0.175 e. The number of hydrogen-bond donors (Lipinski definition) is 1. The Labute approximate surface area is 116 Å². The molecule has 0 aliphatic carbocycles. The van der Waals surface area contributed by atoms with E-state index in [2.05, 4.69) is 0 Å². The van der Waals surface area contributed by atoms with E-state index < -0.39 is 0 Å². The highest BCUT2D eigenvalue weighted by Crippen LogP contribution is 2.31. The van der Waals surface area contributed by atoms with Crippen LogP contribution in [0.15, 0.2) is 53.1 Å². The van der Waals surface area contributed by atoms with E-state index in [9.17, 15) is 5.11 Å². The zero-order valence-corrected chi connectivity index (χ0v) is 11.0. The Bertz CT molecular complexity index is 730. The van der Waals surface area contributed by atoms with E-state index in [0.717, 1.165) is 10.9 Å². The van der Waals surface area contributed by atoms with E-state index in [1.807, 2.05) is 30.3 Å². The Hall–Kier alpha value is -2.62. The molecule has 1 N–H and O–H groups in total. The summed E-state index contributed by atoms with van der Waals surface area (Å²) in [6.07, 6.45) is 1.60. The van der Waals surface area contributed by atoms with Crippen molar-refractivity contribution in [2.75, 3.05) is 7.11 Å². The van der Waals surface area contributed by atoms with Crippen molar-refractivity contribution in [3.63, 3.8) is 0 Å². The van der Waals surface area contributed by atoms with Crippen LogP contribution in [0.25, 0.3) is 11.0 Å². The van der Waals surface area contributed by atoms with Gasteiger partial charge in [-0.1, -0.05) is 24.3 Å². The van der Waals surface area contributed by atoms with Crippen LogP contribution in [-0.4, -0.2) is 12.2 Å². The number of phenols is 1. The second kappa shape index (κ2) is 5.17. The number of hydrogen-bond acceptors (Lipinski definition) is 4. The molecular formula is C16H14O4. The van der Waals surface area contributed by atoms with E-state index >= 15 is 0 Å². The van der Waals surface area contributed by atoms with Crippen molar-refractivity contribution in [3.05, 3.63) is 54.3 Å². The molecule has 3 rings (SSSR count). The number of benzene rings is 2.